The molecular formula is C11H16BrN3O2S. The molecule has 100 valence electrons. The van der Waals surface area contributed by atoms with E-state index < -0.39 is 10.0 Å². The fourth-order valence-electron chi connectivity index (χ4n) is 2.05. The number of nitrogens with one attached hydrogen (secondary N) is 1. The fourth-order valence-corrected chi connectivity index (χ4v) is 3.40. The molecule has 1 N–H and O–H groups in total. The Hall–Kier alpha value is -0.660. The summed E-state index contributed by atoms with van der Waals surface area (Å²) in [5.41, 5.74) is 1.10. The smallest absolute Gasteiger partial charge is 0.216 e. The Bertz CT molecular complexity index is 547. The number of pyridine rings is 1. The number of anilines is 1. The predicted molar refractivity (Wildman–Crippen MR) is 75.3 cm³/mol. The van der Waals surface area contributed by atoms with Crippen LogP contribution in [0.5, 0.6) is 0 Å². The number of hydrogen-bond acceptors (Lipinski definition) is 4. The lowest BCUT2D eigenvalue weighted by molar-refractivity contribution is 0.575. The Labute approximate surface area is 116 Å². The van der Waals surface area contributed by atoms with Gasteiger partial charge in [0.05, 0.1) is 5.25 Å². The molecule has 1 fully saturated rings. The molecule has 1 aromatic rings. The molecule has 5 nitrogen and oxygen atoms in total. The molecule has 2 rings (SSSR count). The van der Waals surface area contributed by atoms with Gasteiger partial charge in [-0.25, -0.2) is 18.1 Å². The number of halogens is 1. The molecule has 0 unspecified atom stereocenters. The number of aryl methyl sites for hydroxylation is 1. The SMILES string of the molecule is CNS(=O)(=O)[C@@H]1CCN(c2cc(C)c(Br)cn2)C1. The van der Waals surface area contributed by atoms with Crippen LogP contribution in [0.3, 0.4) is 0 Å². The highest BCUT2D eigenvalue weighted by Crippen LogP contribution is 2.25. The molecule has 0 bridgehead atoms. The van der Waals surface area contributed by atoms with Crippen molar-refractivity contribution >= 4 is 31.8 Å². The van der Waals surface area contributed by atoms with Crippen LogP contribution < -0.4 is 9.62 Å². The van der Waals surface area contributed by atoms with Gasteiger partial charge in [-0.1, -0.05) is 0 Å². The first-order valence-electron chi connectivity index (χ1n) is 5.73. The third kappa shape index (κ3) is 2.67. The van der Waals surface area contributed by atoms with E-state index in [1.54, 1.807) is 6.20 Å². The molecule has 1 aliphatic heterocycles. The minimum atomic E-state index is -3.19. The summed E-state index contributed by atoms with van der Waals surface area (Å²) < 4.78 is 26.8. The average molecular weight is 334 g/mol. The second-order valence-electron chi connectivity index (χ2n) is 4.40. The summed E-state index contributed by atoms with van der Waals surface area (Å²) in [6.45, 7) is 3.21. The summed E-state index contributed by atoms with van der Waals surface area (Å²) in [6, 6.07) is 1.97. The molecule has 1 saturated heterocycles. The lowest BCUT2D eigenvalue weighted by Crippen LogP contribution is -2.34. The van der Waals surface area contributed by atoms with Gasteiger partial charge in [0.15, 0.2) is 0 Å². The maximum absolute atomic E-state index is 11.7. The molecule has 0 spiro atoms. The molecule has 18 heavy (non-hydrogen) atoms. The van der Waals surface area contributed by atoms with Crippen LogP contribution >= 0.6 is 15.9 Å². The molecule has 0 radical (unpaired) electrons. The third-order valence-corrected chi connectivity index (χ3v) is 5.89. The summed E-state index contributed by atoms with van der Waals surface area (Å²) in [7, 11) is -1.73. The van der Waals surface area contributed by atoms with E-state index in [-0.39, 0.29) is 5.25 Å². The first kappa shape index (κ1) is 13.8. The zero-order valence-electron chi connectivity index (χ0n) is 10.4. The van der Waals surface area contributed by atoms with Gasteiger partial charge >= 0.3 is 0 Å². The first-order valence-corrected chi connectivity index (χ1v) is 8.07. The van der Waals surface area contributed by atoms with Gasteiger partial charge in [-0.2, -0.15) is 0 Å². The van der Waals surface area contributed by atoms with Crippen molar-refractivity contribution in [1.82, 2.24) is 9.71 Å². The van der Waals surface area contributed by atoms with Crippen LogP contribution in [0, 0.1) is 6.92 Å². The fraction of sp³-hybridized carbons (Fsp3) is 0.545. The standard InChI is InChI=1S/C11H16BrN3O2S/c1-8-5-11(14-6-10(8)12)15-4-3-9(7-15)18(16,17)13-2/h5-6,9,13H,3-4,7H2,1-2H3/t9-/m1/s1. The first-order chi connectivity index (χ1) is 8.44. The van der Waals surface area contributed by atoms with Crippen LogP contribution in [0.15, 0.2) is 16.7 Å². The van der Waals surface area contributed by atoms with E-state index in [1.807, 2.05) is 17.9 Å². The Kier molecular flexibility index (Phi) is 3.93. The van der Waals surface area contributed by atoms with E-state index in [0.717, 1.165) is 22.4 Å². The maximum atomic E-state index is 11.7. The van der Waals surface area contributed by atoms with Crippen molar-refractivity contribution in [3.8, 4) is 0 Å². The average Bonchev–Trinajstić information content (AvgIpc) is 2.83. The molecule has 1 aromatic heterocycles. The summed E-state index contributed by atoms with van der Waals surface area (Å²) in [6.07, 6.45) is 2.39. The van der Waals surface area contributed by atoms with Crippen LogP contribution in [0.2, 0.25) is 0 Å². The van der Waals surface area contributed by atoms with Crippen LogP contribution in [0.4, 0.5) is 5.82 Å². The number of nitrogens with zero attached hydrogens (tertiary/aromatic N) is 2. The molecule has 7 heteroatoms. The highest BCUT2D eigenvalue weighted by atomic mass is 79.9. The Morgan fingerprint density at radius 3 is 2.89 bits per heavy atom. The van der Waals surface area contributed by atoms with E-state index in [4.69, 9.17) is 0 Å². The topological polar surface area (TPSA) is 62.3 Å². The molecule has 0 aliphatic carbocycles. The quantitative estimate of drug-likeness (QED) is 0.905. The van der Waals surface area contributed by atoms with E-state index in [0.29, 0.717) is 13.0 Å². The van der Waals surface area contributed by atoms with Gasteiger partial charge < -0.3 is 4.90 Å². The Morgan fingerprint density at radius 2 is 2.28 bits per heavy atom. The highest BCUT2D eigenvalue weighted by molar-refractivity contribution is 9.10. The number of rotatable bonds is 3. The van der Waals surface area contributed by atoms with Crippen molar-refractivity contribution < 1.29 is 8.42 Å². The predicted octanol–water partition coefficient (Wildman–Crippen LogP) is 1.28. The van der Waals surface area contributed by atoms with Crippen molar-refractivity contribution in [2.24, 2.45) is 0 Å². The lowest BCUT2D eigenvalue weighted by Gasteiger charge is -2.18. The summed E-state index contributed by atoms with van der Waals surface area (Å²) in [5, 5.41) is -0.353. The van der Waals surface area contributed by atoms with Gasteiger partial charge in [-0.3, -0.25) is 0 Å². The molecule has 0 aromatic carbocycles. The highest BCUT2D eigenvalue weighted by Gasteiger charge is 2.32. The van der Waals surface area contributed by atoms with Gasteiger partial charge in [0.2, 0.25) is 10.0 Å². The van der Waals surface area contributed by atoms with Gasteiger partial charge in [0.25, 0.3) is 0 Å². The molecular weight excluding hydrogens is 318 g/mol. The lowest BCUT2D eigenvalue weighted by atomic mass is 10.3. The van der Waals surface area contributed by atoms with Crippen LogP contribution in [-0.4, -0.2) is 38.8 Å². The second kappa shape index (κ2) is 5.14. The van der Waals surface area contributed by atoms with Crippen molar-refractivity contribution in [2.75, 3.05) is 25.0 Å². The van der Waals surface area contributed by atoms with Crippen LogP contribution in [0.25, 0.3) is 0 Å². The van der Waals surface area contributed by atoms with E-state index in [9.17, 15) is 8.42 Å². The monoisotopic (exact) mass is 333 g/mol. The largest absolute Gasteiger partial charge is 0.355 e. The summed E-state index contributed by atoms with van der Waals surface area (Å²) >= 11 is 3.41. The second-order valence-corrected chi connectivity index (χ2v) is 7.42. The zero-order chi connectivity index (χ0) is 13.3. The number of hydrogen-bond donors (Lipinski definition) is 1. The summed E-state index contributed by atoms with van der Waals surface area (Å²) in [5.74, 6) is 0.838. The van der Waals surface area contributed by atoms with Crippen molar-refractivity contribution in [3.05, 3.63) is 22.3 Å². The minimum absolute atomic E-state index is 0.353. The van der Waals surface area contributed by atoms with Gasteiger partial charge in [0.1, 0.15) is 5.82 Å². The molecule has 1 aliphatic rings. The third-order valence-electron chi connectivity index (χ3n) is 3.22. The van der Waals surface area contributed by atoms with Crippen LogP contribution in [-0.2, 0) is 10.0 Å². The summed E-state index contributed by atoms with van der Waals surface area (Å²) in [4.78, 5) is 6.34. The van der Waals surface area contributed by atoms with Gasteiger partial charge in [0, 0.05) is 23.8 Å². The zero-order valence-corrected chi connectivity index (χ0v) is 12.8. The van der Waals surface area contributed by atoms with Crippen LogP contribution in [0.1, 0.15) is 12.0 Å². The van der Waals surface area contributed by atoms with Crippen molar-refractivity contribution in [2.45, 2.75) is 18.6 Å². The number of aromatic nitrogens is 1. The molecule has 1 atom stereocenters. The molecule has 0 amide bonds. The van der Waals surface area contributed by atoms with E-state index in [2.05, 4.69) is 25.6 Å². The van der Waals surface area contributed by atoms with Gasteiger partial charge in [-0.05, 0) is 48.0 Å². The minimum Gasteiger partial charge on any atom is -0.355 e. The molecule has 0 saturated carbocycles. The normalized spacial score (nSPS) is 20.4. The Morgan fingerprint density at radius 1 is 1.56 bits per heavy atom. The van der Waals surface area contributed by atoms with Gasteiger partial charge in [-0.15, -0.1) is 0 Å². The van der Waals surface area contributed by atoms with Crippen molar-refractivity contribution in [1.29, 1.82) is 0 Å². The molecule has 2 heterocycles. The van der Waals surface area contributed by atoms with Crippen molar-refractivity contribution in [3.63, 3.8) is 0 Å². The number of sulfonamides is 1. The van der Waals surface area contributed by atoms with E-state index >= 15 is 0 Å². The van der Waals surface area contributed by atoms with E-state index in [1.165, 1.54) is 7.05 Å². The maximum Gasteiger partial charge on any atom is 0.216 e. The Balaban J connectivity index is 2.16.